The van der Waals surface area contributed by atoms with E-state index in [4.69, 9.17) is 14.1 Å². The van der Waals surface area contributed by atoms with Gasteiger partial charge in [-0.3, -0.25) is 9.69 Å². The number of ether oxygens (including phenoxy) is 1. The monoisotopic (exact) mass is 442 g/mol. The van der Waals surface area contributed by atoms with Crippen molar-refractivity contribution in [1.82, 2.24) is 4.98 Å². The molecule has 0 unspecified atom stereocenters. The van der Waals surface area contributed by atoms with Crippen LogP contribution in [0, 0.1) is 0 Å². The molecular formula is C26H22N2O3S. The van der Waals surface area contributed by atoms with Gasteiger partial charge in [0.25, 0.3) is 5.91 Å². The van der Waals surface area contributed by atoms with Crippen LogP contribution in [0.1, 0.15) is 28.6 Å². The largest absolute Gasteiger partial charge is 0.493 e. The summed E-state index contributed by atoms with van der Waals surface area (Å²) >= 11 is 1.52. The number of amides is 1. The first-order valence-corrected chi connectivity index (χ1v) is 11.3. The SMILES string of the molecule is CCc1cccc2sc(N(Cc3ccccc3)C(=O)c3cc4cccc(OC)c4o3)nc12. The average molecular weight is 443 g/mol. The summed E-state index contributed by atoms with van der Waals surface area (Å²) < 4.78 is 12.4. The zero-order chi connectivity index (χ0) is 22.1. The number of thiazole rings is 1. The second-order valence-corrected chi connectivity index (χ2v) is 8.49. The second-order valence-electron chi connectivity index (χ2n) is 7.48. The summed E-state index contributed by atoms with van der Waals surface area (Å²) in [5.41, 5.74) is 3.71. The van der Waals surface area contributed by atoms with Crippen LogP contribution in [0.5, 0.6) is 5.75 Å². The van der Waals surface area contributed by atoms with Crippen molar-refractivity contribution in [2.45, 2.75) is 19.9 Å². The van der Waals surface area contributed by atoms with Gasteiger partial charge in [-0.05, 0) is 35.7 Å². The lowest BCUT2D eigenvalue weighted by Crippen LogP contribution is -2.30. The highest BCUT2D eigenvalue weighted by Crippen LogP contribution is 2.34. The van der Waals surface area contributed by atoms with E-state index in [2.05, 4.69) is 13.0 Å². The van der Waals surface area contributed by atoms with Crippen LogP contribution in [0.25, 0.3) is 21.2 Å². The highest BCUT2D eigenvalue weighted by molar-refractivity contribution is 7.22. The summed E-state index contributed by atoms with van der Waals surface area (Å²) in [6.45, 7) is 2.51. The van der Waals surface area contributed by atoms with E-state index in [-0.39, 0.29) is 11.7 Å². The predicted molar refractivity (Wildman–Crippen MR) is 129 cm³/mol. The maximum absolute atomic E-state index is 13.7. The molecule has 0 spiro atoms. The lowest BCUT2D eigenvalue weighted by atomic mass is 10.1. The molecule has 3 aromatic carbocycles. The predicted octanol–water partition coefficient (Wildman–Crippen LogP) is 6.46. The molecule has 1 amide bonds. The number of aromatic nitrogens is 1. The maximum atomic E-state index is 13.7. The van der Waals surface area contributed by atoms with Gasteiger partial charge in [0.2, 0.25) is 0 Å². The van der Waals surface area contributed by atoms with Crippen molar-refractivity contribution in [3.63, 3.8) is 0 Å². The number of carbonyl (C=O) groups is 1. The molecule has 0 aliphatic heterocycles. The number of benzene rings is 3. The Morgan fingerprint density at radius 3 is 2.66 bits per heavy atom. The lowest BCUT2D eigenvalue weighted by molar-refractivity contribution is 0.0960. The molecule has 2 aromatic heterocycles. The number of carbonyl (C=O) groups excluding carboxylic acids is 1. The Balaban J connectivity index is 1.61. The Kier molecular flexibility index (Phi) is 5.37. The lowest BCUT2D eigenvalue weighted by Gasteiger charge is -2.18. The molecule has 0 aliphatic rings. The number of hydrogen-bond donors (Lipinski definition) is 0. The molecule has 32 heavy (non-hydrogen) atoms. The molecule has 160 valence electrons. The fraction of sp³-hybridized carbons (Fsp3) is 0.154. The first kappa shape index (κ1) is 20.3. The topological polar surface area (TPSA) is 55.6 Å². The Morgan fingerprint density at radius 1 is 1.06 bits per heavy atom. The quantitative estimate of drug-likeness (QED) is 0.303. The summed E-state index contributed by atoms with van der Waals surface area (Å²) in [4.78, 5) is 20.3. The van der Waals surface area contributed by atoms with E-state index in [1.807, 2.05) is 60.7 Å². The van der Waals surface area contributed by atoms with Gasteiger partial charge in [-0.1, -0.05) is 72.9 Å². The van der Waals surface area contributed by atoms with Crippen molar-refractivity contribution in [2.24, 2.45) is 0 Å². The van der Waals surface area contributed by atoms with E-state index < -0.39 is 0 Å². The molecule has 0 fully saturated rings. The van der Waals surface area contributed by atoms with Gasteiger partial charge in [-0.2, -0.15) is 0 Å². The average Bonchev–Trinajstić information content (AvgIpc) is 3.46. The number of nitrogens with zero attached hydrogens (tertiary/aromatic N) is 2. The molecule has 2 heterocycles. The first-order chi connectivity index (χ1) is 15.7. The first-order valence-electron chi connectivity index (χ1n) is 10.5. The molecule has 0 bridgehead atoms. The van der Waals surface area contributed by atoms with Crippen LogP contribution in [0.3, 0.4) is 0 Å². The van der Waals surface area contributed by atoms with Crippen LogP contribution in [-0.2, 0) is 13.0 Å². The minimum atomic E-state index is -0.232. The van der Waals surface area contributed by atoms with E-state index in [0.29, 0.717) is 23.0 Å². The van der Waals surface area contributed by atoms with Gasteiger partial charge in [0.05, 0.1) is 23.9 Å². The number of para-hydroxylation sites is 2. The molecule has 0 saturated carbocycles. The number of anilines is 1. The third kappa shape index (κ3) is 3.63. The van der Waals surface area contributed by atoms with Crippen molar-refractivity contribution in [2.75, 3.05) is 12.0 Å². The van der Waals surface area contributed by atoms with Gasteiger partial charge in [-0.25, -0.2) is 4.98 Å². The molecule has 0 aliphatic carbocycles. The van der Waals surface area contributed by atoms with Crippen LogP contribution in [-0.4, -0.2) is 18.0 Å². The molecule has 0 atom stereocenters. The number of rotatable bonds is 6. The van der Waals surface area contributed by atoms with Gasteiger partial charge in [0.1, 0.15) is 0 Å². The highest BCUT2D eigenvalue weighted by Gasteiger charge is 2.25. The van der Waals surface area contributed by atoms with E-state index in [9.17, 15) is 4.79 Å². The molecule has 0 saturated heterocycles. The Labute approximate surface area is 189 Å². The van der Waals surface area contributed by atoms with Crippen LogP contribution in [0.2, 0.25) is 0 Å². The summed E-state index contributed by atoms with van der Waals surface area (Å²) in [5.74, 6) is 0.628. The smallest absolute Gasteiger partial charge is 0.296 e. The Bertz CT molecular complexity index is 1400. The minimum Gasteiger partial charge on any atom is -0.493 e. The standard InChI is InChI=1S/C26H22N2O3S/c1-3-18-11-8-14-22-23(18)27-26(32-22)28(16-17-9-5-4-6-10-17)25(29)21-15-19-12-7-13-20(30-2)24(19)31-21/h4-15H,3,16H2,1-2H3. The van der Waals surface area contributed by atoms with Crippen molar-refractivity contribution in [3.8, 4) is 5.75 Å². The molecule has 0 N–H and O–H groups in total. The molecule has 5 aromatic rings. The van der Waals surface area contributed by atoms with E-state index in [1.54, 1.807) is 18.1 Å². The number of hydrogen-bond acceptors (Lipinski definition) is 5. The fourth-order valence-corrected chi connectivity index (χ4v) is 4.83. The van der Waals surface area contributed by atoms with Gasteiger partial charge in [0, 0.05) is 5.39 Å². The normalized spacial score (nSPS) is 11.2. The van der Waals surface area contributed by atoms with Gasteiger partial charge < -0.3 is 9.15 Å². The third-order valence-electron chi connectivity index (χ3n) is 5.47. The zero-order valence-corrected chi connectivity index (χ0v) is 18.7. The van der Waals surface area contributed by atoms with Gasteiger partial charge in [0.15, 0.2) is 22.2 Å². The number of furan rings is 1. The summed E-state index contributed by atoms with van der Waals surface area (Å²) in [5, 5.41) is 1.48. The Hall–Kier alpha value is -3.64. The van der Waals surface area contributed by atoms with Crippen LogP contribution >= 0.6 is 11.3 Å². The summed E-state index contributed by atoms with van der Waals surface area (Å²) in [6.07, 6.45) is 0.885. The van der Waals surface area contributed by atoms with Gasteiger partial charge in [-0.15, -0.1) is 0 Å². The van der Waals surface area contributed by atoms with Crippen LogP contribution < -0.4 is 9.64 Å². The summed E-state index contributed by atoms with van der Waals surface area (Å²) in [7, 11) is 1.59. The Morgan fingerprint density at radius 2 is 1.88 bits per heavy atom. The second kappa shape index (κ2) is 8.48. The number of aryl methyl sites for hydroxylation is 1. The molecule has 6 heteroatoms. The van der Waals surface area contributed by atoms with Crippen LogP contribution in [0.4, 0.5) is 5.13 Å². The third-order valence-corrected chi connectivity index (χ3v) is 6.51. The molecule has 5 nitrogen and oxygen atoms in total. The minimum absolute atomic E-state index is 0.232. The summed E-state index contributed by atoms with van der Waals surface area (Å²) in [6, 6.07) is 23.5. The van der Waals surface area contributed by atoms with Crippen molar-refractivity contribution < 1.29 is 13.9 Å². The number of methoxy groups -OCH3 is 1. The molecule has 0 radical (unpaired) electrons. The van der Waals surface area contributed by atoms with Crippen molar-refractivity contribution >= 4 is 43.6 Å². The maximum Gasteiger partial charge on any atom is 0.296 e. The van der Waals surface area contributed by atoms with Gasteiger partial charge >= 0.3 is 0 Å². The highest BCUT2D eigenvalue weighted by atomic mass is 32.1. The van der Waals surface area contributed by atoms with E-state index in [0.717, 1.165) is 27.6 Å². The van der Waals surface area contributed by atoms with Crippen LogP contribution in [0.15, 0.2) is 77.2 Å². The van der Waals surface area contributed by atoms with Crippen molar-refractivity contribution in [1.29, 1.82) is 0 Å². The molecular weight excluding hydrogens is 420 g/mol. The van der Waals surface area contributed by atoms with E-state index in [1.165, 1.54) is 16.9 Å². The van der Waals surface area contributed by atoms with E-state index >= 15 is 0 Å². The number of fused-ring (bicyclic) bond motifs is 2. The molecule has 5 rings (SSSR count). The fourth-order valence-electron chi connectivity index (χ4n) is 3.82. The zero-order valence-electron chi connectivity index (χ0n) is 17.9. The van der Waals surface area contributed by atoms with Crippen molar-refractivity contribution in [3.05, 3.63) is 89.7 Å².